The number of nitrogens with zero attached hydrogens (tertiary/aromatic N) is 1. The highest BCUT2D eigenvalue weighted by Gasteiger charge is 2.06. The lowest BCUT2D eigenvalue weighted by Crippen LogP contribution is -2.14. The van der Waals surface area contributed by atoms with Crippen LogP contribution < -0.4 is 0 Å². The predicted octanol–water partition coefficient (Wildman–Crippen LogP) is 2.09. The SMILES string of the molecule is CCCCOCCOCCOCCOC(=O)c1ccccn1. The van der Waals surface area contributed by atoms with Crippen LogP contribution in [0.25, 0.3) is 0 Å². The summed E-state index contributed by atoms with van der Waals surface area (Å²) in [6.07, 6.45) is 3.77. The summed E-state index contributed by atoms with van der Waals surface area (Å²) in [5.41, 5.74) is 0.300. The Morgan fingerprint density at radius 3 is 2.18 bits per heavy atom. The van der Waals surface area contributed by atoms with Crippen molar-refractivity contribution >= 4 is 5.97 Å². The van der Waals surface area contributed by atoms with Gasteiger partial charge in [0.25, 0.3) is 0 Å². The van der Waals surface area contributed by atoms with Crippen LogP contribution in [0.2, 0.25) is 0 Å². The molecule has 0 spiro atoms. The van der Waals surface area contributed by atoms with Gasteiger partial charge in [0.1, 0.15) is 12.3 Å². The zero-order valence-electron chi connectivity index (χ0n) is 13.2. The molecular weight excluding hydrogens is 286 g/mol. The molecule has 0 unspecified atom stereocenters. The van der Waals surface area contributed by atoms with Crippen molar-refractivity contribution in [2.24, 2.45) is 0 Å². The van der Waals surface area contributed by atoms with Crippen LogP contribution in [0.1, 0.15) is 30.3 Å². The van der Waals surface area contributed by atoms with Gasteiger partial charge in [0.05, 0.1) is 33.0 Å². The minimum absolute atomic E-state index is 0.204. The number of hydrogen-bond donors (Lipinski definition) is 0. The molecule has 1 aromatic rings. The second-order valence-electron chi connectivity index (χ2n) is 4.54. The first kappa shape index (κ1) is 18.5. The number of ether oxygens (including phenoxy) is 4. The van der Waals surface area contributed by atoms with Gasteiger partial charge in [-0.2, -0.15) is 0 Å². The molecule has 0 N–H and O–H groups in total. The van der Waals surface area contributed by atoms with Crippen molar-refractivity contribution in [1.82, 2.24) is 4.98 Å². The van der Waals surface area contributed by atoms with E-state index in [1.165, 1.54) is 0 Å². The van der Waals surface area contributed by atoms with E-state index in [9.17, 15) is 4.79 Å². The van der Waals surface area contributed by atoms with E-state index in [2.05, 4.69) is 11.9 Å². The Hall–Kier alpha value is -1.50. The van der Waals surface area contributed by atoms with Crippen LogP contribution in [-0.4, -0.2) is 57.2 Å². The molecule has 0 fully saturated rings. The van der Waals surface area contributed by atoms with Crippen LogP contribution in [-0.2, 0) is 18.9 Å². The average Bonchev–Trinajstić information content (AvgIpc) is 2.56. The molecular formula is C16H25NO5. The first-order valence-electron chi connectivity index (χ1n) is 7.66. The summed E-state index contributed by atoms with van der Waals surface area (Å²) in [5, 5.41) is 0. The third kappa shape index (κ3) is 9.44. The number of hydrogen-bond acceptors (Lipinski definition) is 6. The van der Waals surface area contributed by atoms with Crippen molar-refractivity contribution in [2.45, 2.75) is 19.8 Å². The highest BCUT2D eigenvalue weighted by molar-refractivity contribution is 5.87. The van der Waals surface area contributed by atoms with Crippen LogP contribution in [0, 0.1) is 0 Å². The molecule has 0 saturated carbocycles. The summed E-state index contributed by atoms with van der Waals surface area (Å²) >= 11 is 0. The predicted molar refractivity (Wildman–Crippen MR) is 81.9 cm³/mol. The summed E-state index contributed by atoms with van der Waals surface area (Å²) in [4.78, 5) is 15.5. The Labute approximate surface area is 131 Å². The maximum atomic E-state index is 11.5. The van der Waals surface area contributed by atoms with Crippen molar-refractivity contribution < 1.29 is 23.7 Å². The molecule has 0 atom stereocenters. The Kier molecular flexibility index (Phi) is 11.1. The van der Waals surface area contributed by atoms with Gasteiger partial charge in [0.15, 0.2) is 0 Å². The molecule has 1 rings (SSSR count). The lowest BCUT2D eigenvalue weighted by molar-refractivity contribution is 0.000133. The highest BCUT2D eigenvalue weighted by Crippen LogP contribution is 1.96. The smallest absolute Gasteiger partial charge is 0.356 e. The molecule has 0 aliphatic rings. The minimum atomic E-state index is -0.440. The maximum Gasteiger partial charge on any atom is 0.356 e. The van der Waals surface area contributed by atoms with Gasteiger partial charge in [-0.3, -0.25) is 0 Å². The standard InChI is InChI=1S/C16H25NO5/c1-2-3-8-19-9-10-20-11-12-21-13-14-22-16(18)15-6-4-5-7-17-15/h4-7H,2-3,8-14H2,1H3. The van der Waals surface area contributed by atoms with E-state index in [1.54, 1.807) is 24.4 Å². The second-order valence-corrected chi connectivity index (χ2v) is 4.54. The number of aromatic nitrogens is 1. The number of rotatable bonds is 13. The summed E-state index contributed by atoms with van der Waals surface area (Å²) in [7, 11) is 0. The number of unbranched alkanes of at least 4 members (excludes halogenated alkanes) is 1. The van der Waals surface area contributed by atoms with Gasteiger partial charge in [-0.25, -0.2) is 9.78 Å². The third-order valence-electron chi connectivity index (χ3n) is 2.72. The highest BCUT2D eigenvalue weighted by atomic mass is 16.6. The molecule has 0 aromatic carbocycles. The van der Waals surface area contributed by atoms with Crippen molar-refractivity contribution in [2.75, 3.05) is 46.2 Å². The monoisotopic (exact) mass is 311 g/mol. The first-order chi connectivity index (χ1) is 10.8. The fraction of sp³-hybridized carbons (Fsp3) is 0.625. The van der Waals surface area contributed by atoms with Crippen molar-refractivity contribution in [3.8, 4) is 0 Å². The Morgan fingerprint density at radius 2 is 1.59 bits per heavy atom. The molecule has 0 saturated heterocycles. The fourth-order valence-electron chi connectivity index (χ4n) is 1.54. The van der Waals surface area contributed by atoms with Gasteiger partial charge in [0.2, 0.25) is 0 Å². The normalized spacial score (nSPS) is 10.6. The number of carbonyl (C=O) groups excluding carboxylic acids is 1. The van der Waals surface area contributed by atoms with Gasteiger partial charge in [-0.15, -0.1) is 0 Å². The number of esters is 1. The average molecular weight is 311 g/mol. The van der Waals surface area contributed by atoms with E-state index < -0.39 is 5.97 Å². The minimum Gasteiger partial charge on any atom is -0.459 e. The maximum absolute atomic E-state index is 11.5. The summed E-state index contributed by atoms with van der Waals surface area (Å²) in [6.45, 7) is 5.62. The first-order valence-corrected chi connectivity index (χ1v) is 7.66. The molecule has 0 radical (unpaired) electrons. The molecule has 0 aliphatic carbocycles. The van der Waals surface area contributed by atoms with E-state index in [1.807, 2.05) is 0 Å². The molecule has 1 aromatic heterocycles. The third-order valence-corrected chi connectivity index (χ3v) is 2.72. The van der Waals surface area contributed by atoms with Gasteiger partial charge >= 0.3 is 5.97 Å². The topological polar surface area (TPSA) is 66.9 Å². The molecule has 0 amide bonds. The Morgan fingerprint density at radius 1 is 0.955 bits per heavy atom. The van der Waals surface area contributed by atoms with Crippen LogP contribution >= 0.6 is 0 Å². The van der Waals surface area contributed by atoms with Gasteiger partial charge < -0.3 is 18.9 Å². The van der Waals surface area contributed by atoms with Crippen molar-refractivity contribution in [3.05, 3.63) is 30.1 Å². The summed E-state index contributed by atoms with van der Waals surface area (Å²) < 4.78 is 21.0. The molecule has 1 heterocycles. The van der Waals surface area contributed by atoms with E-state index in [0.717, 1.165) is 19.4 Å². The Bertz CT molecular complexity index is 385. The van der Waals surface area contributed by atoms with E-state index >= 15 is 0 Å². The van der Waals surface area contributed by atoms with Gasteiger partial charge in [0, 0.05) is 12.8 Å². The molecule has 0 aliphatic heterocycles. The second kappa shape index (κ2) is 13.2. The molecule has 22 heavy (non-hydrogen) atoms. The zero-order chi connectivity index (χ0) is 15.9. The van der Waals surface area contributed by atoms with Crippen LogP contribution in [0.15, 0.2) is 24.4 Å². The van der Waals surface area contributed by atoms with Crippen LogP contribution in [0.4, 0.5) is 0 Å². The number of pyridine rings is 1. The molecule has 0 bridgehead atoms. The zero-order valence-corrected chi connectivity index (χ0v) is 13.2. The summed E-state index contributed by atoms with van der Waals surface area (Å²) in [5.74, 6) is -0.440. The largest absolute Gasteiger partial charge is 0.459 e. The van der Waals surface area contributed by atoms with E-state index in [4.69, 9.17) is 18.9 Å². The van der Waals surface area contributed by atoms with E-state index in [-0.39, 0.29) is 6.61 Å². The van der Waals surface area contributed by atoms with E-state index in [0.29, 0.717) is 38.7 Å². The number of carbonyl (C=O) groups is 1. The molecule has 6 nitrogen and oxygen atoms in total. The van der Waals surface area contributed by atoms with Gasteiger partial charge in [-0.1, -0.05) is 19.4 Å². The summed E-state index contributed by atoms with van der Waals surface area (Å²) in [6, 6.07) is 5.09. The van der Waals surface area contributed by atoms with Crippen LogP contribution in [0.3, 0.4) is 0 Å². The molecule has 6 heteroatoms. The quantitative estimate of drug-likeness (QED) is 0.410. The Balaban J connectivity index is 1.85. The van der Waals surface area contributed by atoms with Crippen molar-refractivity contribution in [3.63, 3.8) is 0 Å². The molecule has 124 valence electrons. The fourth-order valence-corrected chi connectivity index (χ4v) is 1.54. The van der Waals surface area contributed by atoms with Crippen LogP contribution in [0.5, 0.6) is 0 Å². The lowest BCUT2D eigenvalue weighted by Gasteiger charge is -2.07. The lowest BCUT2D eigenvalue weighted by atomic mass is 10.4. The van der Waals surface area contributed by atoms with Gasteiger partial charge in [-0.05, 0) is 18.6 Å². The van der Waals surface area contributed by atoms with Crippen molar-refractivity contribution in [1.29, 1.82) is 0 Å².